The van der Waals surface area contributed by atoms with Gasteiger partial charge in [-0.1, -0.05) is 17.7 Å². The van der Waals surface area contributed by atoms with Crippen LogP contribution < -0.4 is 4.74 Å². The van der Waals surface area contributed by atoms with E-state index in [9.17, 15) is 13.3 Å². The number of nitrogens with zero attached hydrogens (tertiary/aromatic N) is 1. The average Bonchev–Trinajstić information content (AvgIpc) is 2.35. The van der Waals surface area contributed by atoms with E-state index in [0.29, 0.717) is 24.5 Å². The molecule has 0 unspecified atom stereocenters. The number of rotatable bonds is 4. The Labute approximate surface area is 114 Å². The highest BCUT2D eigenvalue weighted by atomic mass is 32.2. The molecule has 1 heterocycles. The molecular weight excluding hydrogens is 272 g/mol. The third kappa shape index (κ3) is 3.45. The second kappa shape index (κ2) is 6.34. The molecule has 0 saturated carbocycles. The van der Waals surface area contributed by atoms with Gasteiger partial charge in [0, 0.05) is 18.6 Å². The van der Waals surface area contributed by atoms with Crippen LogP contribution in [0, 0.1) is 11.6 Å². The molecule has 104 valence electrons. The topological polar surface area (TPSA) is 44.7 Å². The van der Waals surface area contributed by atoms with Crippen LogP contribution in [0.2, 0.25) is 0 Å². The number of hydrogen-bond donors (Lipinski definition) is 0. The van der Waals surface area contributed by atoms with Crippen molar-refractivity contribution in [3.63, 3.8) is 0 Å². The quantitative estimate of drug-likeness (QED) is 0.799. The van der Waals surface area contributed by atoms with Crippen LogP contribution in [-0.4, -0.2) is 22.6 Å². The fourth-order valence-corrected chi connectivity index (χ4v) is 2.91. The van der Waals surface area contributed by atoms with Crippen molar-refractivity contribution in [2.75, 3.05) is 12.4 Å². The maximum atomic E-state index is 13.8. The largest absolute Gasteiger partial charge is 0.591 e. The SMILES string of the molecule is CCCC[S@@+]([O-])/N=C1\CCOc2cc(F)cc(F)c21. The smallest absolute Gasteiger partial charge is 0.139 e. The van der Waals surface area contributed by atoms with E-state index < -0.39 is 23.0 Å². The Hall–Kier alpha value is -1.14. The van der Waals surface area contributed by atoms with Crippen molar-refractivity contribution in [3.05, 3.63) is 29.3 Å². The molecule has 0 bridgehead atoms. The fraction of sp³-hybridized carbons (Fsp3) is 0.462. The molecular formula is C13H15F2NO2S. The number of halogens is 2. The van der Waals surface area contributed by atoms with E-state index in [1.165, 1.54) is 0 Å². The number of ether oxygens (including phenoxy) is 1. The van der Waals surface area contributed by atoms with Gasteiger partial charge in [0.25, 0.3) is 0 Å². The average molecular weight is 287 g/mol. The first-order valence-corrected chi connectivity index (χ1v) is 7.47. The standard InChI is InChI=1S/C13H15F2NO2S/c1-2-3-6-19(17)16-11-4-5-18-12-8-9(14)7-10(15)13(11)12/h7-8H,2-6H2,1H3/b16-11+/t19-/m1/s1. The lowest BCUT2D eigenvalue weighted by Gasteiger charge is -2.19. The molecule has 0 spiro atoms. The van der Waals surface area contributed by atoms with Gasteiger partial charge in [0.1, 0.15) is 28.8 Å². The molecule has 1 aromatic rings. The zero-order valence-electron chi connectivity index (χ0n) is 10.6. The van der Waals surface area contributed by atoms with Gasteiger partial charge >= 0.3 is 0 Å². The van der Waals surface area contributed by atoms with Gasteiger partial charge in [-0.25, -0.2) is 8.78 Å². The zero-order chi connectivity index (χ0) is 13.8. The minimum Gasteiger partial charge on any atom is -0.591 e. The van der Waals surface area contributed by atoms with Gasteiger partial charge in [-0.2, -0.15) is 0 Å². The summed E-state index contributed by atoms with van der Waals surface area (Å²) in [5.41, 5.74) is 0.533. The van der Waals surface area contributed by atoms with E-state index in [0.717, 1.165) is 25.0 Å². The van der Waals surface area contributed by atoms with Crippen LogP contribution in [0.5, 0.6) is 5.75 Å². The lowest BCUT2D eigenvalue weighted by Crippen LogP contribution is -2.20. The maximum absolute atomic E-state index is 13.8. The summed E-state index contributed by atoms with van der Waals surface area (Å²) in [6.45, 7) is 2.29. The number of fused-ring (bicyclic) bond motifs is 1. The monoisotopic (exact) mass is 287 g/mol. The van der Waals surface area contributed by atoms with E-state index in [1.807, 2.05) is 6.92 Å². The van der Waals surface area contributed by atoms with Crippen LogP contribution >= 0.6 is 0 Å². The Morgan fingerprint density at radius 1 is 1.42 bits per heavy atom. The van der Waals surface area contributed by atoms with E-state index in [-0.39, 0.29) is 11.3 Å². The number of benzene rings is 1. The Morgan fingerprint density at radius 3 is 2.95 bits per heavy atom. The highest BCUT2D eigenvalue weighted by Crippen LogP contribution is 2.29. The Bertz CT molecular complexity index is 494. The lowest BCUT2D eigenvalue weighted by molar-refractivity contribution is 0.315. The molecule has 0 fully saturated rings. The molecule has 1 aliphatic heterocycles. The summed E-state index contributed by atoms with van der Waals surface area (Å²) < 4.78 is 47.9. The van der Waals surface area contributed by atoms with Crippen LogP contribution in [0.3, 0.4) is 0 Å². The molecule has 3 nitrogen and oxygen atoms in total. The first kappa shape index (κ1) is 14.3. The first-order chi connectivity index (χ1) is 9.11. The van der Waals surface area contributed by atoms with Crippen LogP contribution in [0.15, 0.2) is 16.5 Å². The highest BCUT2D eigenvalue weighted by Gasteiger charge is 2.24. The summed E-state index contributed by atoms with van der Waals surface area (Å²) in [6.07, 6.45) is 2.11. The fourth-order valence-electron chi connectivity index (χ4n) is 1.85. The normalized spacial score (nSPS) is 18.0. The minimum atomic E-state index is -1.37. The van der Waals surface area contributed by atoms with E-state index in [2.05, 4.69) is 4.40 Å². The molecule has 2 rings (SSSR count). The molecule has 0 N–H and O–H groups in total. The molecule has 0 amide bonds. The molecule has 19 heavy (non-hydrogen) atoms. The molecule has 1 aromatic carbocycles. The highest BCUT2D eigenvalue weighted by molar-refractivity contribution is 7.90. The Balaban J connectivity index is 2.29. The summed E-state index contributed by atoms with van der Waals surface area (Å²) >= 11 is -1.37. The zero-order valence-corrected chi connectivity index (χ0v) is 11.4. The van der Waals surface area contributed by atoms with Gasteiger partial charge in [0.2, 0.25) is 0 Å². The lowest BCUT2D eigenvalue weighted by atomic mass is 10.0. The van der Waals surface area contributed by atoms with E-state index in [4.69, 9.17) is 4.74 Å². The summed E-state index contributed by atoms with van der Waals surface area (Å²) in [6, 6.07) is 1.92. The first-order valence-electron chi connectivity index (χ1n) is 6.20. The summed E-state index contributed by atoms with van der Waals surface area (Å²) in [5, 5.41) is 0. The third-order valence-electron chi connectivity index (χ3n) is 2.79. The number of hydrogen-bond acceptors (Lipinski definition) is 3. The second-order valence-electron chi connectivity index (χ2n) is 4.28. The van der Waals surface area contributed by atoms with Crippen molar-refractivity contribution in [1.29, 1.82) is 0 Å². The van der Waals surface area contributed by atoms with Gasteiger partial charge in [0.05, 0.1) is 23.5 Å². The van der Waals surface area contributed by atoms with Crippen molar-refractivity contribution < 1.29 is 18.1 Å². The summed E-state index contributed by atoms with van der Waals surface area (Å²) in [7, 11) is 0. The predicted molar refractivity (Wildman–Crippen MR) is 70.9 cm³/mol. The van der Waals surface area contributed by atoms with Crippen molar-refractivity contribution in [2.45, 2.75) is 26.2 Å². The van der Waals surface area contributed by atoms with Gasteiger partial charge in [-0.15, -0.1) is 0 Å². The van der Waals surface area contributed by atoms with Crippen molar-refractivity contribution in [2.24, 2.45) is 4.40 Å². The van der Waals surface area contributed by atoms with Crippen LogP contribution in [0.1, 0.15) is 31.7 Å². The predicted octanol–water partition coefficient (Wildman–Crippen LogP) is 3.00. The van der Waals surface area contributed by atoms with Gasteiger partial charge in [0.15, 0.2) is 0 Å². The molecule has 0 saturated heterocycles. The van der Waals surface area contributed by atoms with Crippen LogP contribution in [0.25, 0.3) is 0 Å². The Kier molecular flexibility index (Phi) is 4.76. The van der Waals surface area contributed by atoms with Crippen molar-refractivity contribution in [1.82, 2.24) is 0 Å². The number of unbranched alkanes of at least 4 members (excludes halogenated alkanes) is 1. The van der Waals surface area contributed by atoms with Crippen LogP contribution in [-0.2, 0) is 11.4 Å². The summed E-state index contributed by atoms with van der Waals surface area (Å²) in [4.78, 5) is 0. The van der Waals surface area contributed by atoms with Crippen molar-refractivity contribution in [3.8, 4) is 5.75 Å². The van der Waals surface area contributed by atoms with Crippen molar-refractivity contribution >= 4 is 17.1 Å². The van der Waals surface area contributed by atoms with Gasteiger partial charge in [-0.3, -0.25) is 0 Å². The van der Waals surface area contributed by atoms with Gasteiger partial charge < -0.3 is 9.29 Å². The third-order valence-corrected chi connectivity index (χ3v) is 3.85. The minimum absolute atomic E-state index is 0.134. The summed E-state index contributed by atoms with van der Waals surface area (Å²) in [5.74, 6) is -0.820. The van der Waals surface area contributed by atoms with E-state index >= 15 is 0 Å². The molecule has 1 atom stereocenters. The molecule has 0 radical (unpaired) electrons. The Morgan fingerprint density at radius 2 is 2.21 bits per heavy atom. The molecule has 0 aromatic heterocycles. The van der Waals surface area contributed by atoms with Crippen LogP contribution in [0.4, 0.5) is 8.78 Å². The molecule has 1 aliphatic rings. The molecule has 0 aliphatic carbocycles. The second-order valence-corrected chi connectivity index (χ2v) is 5.51. The maximum Gasteiger partial charge on any atom is 0.139 e. The van der Waals surface area contributed by atoms with Gasteiger partial charge in [-0.05, 0) is 6.42 Å². The molecule has 6 heteroatoms. The van der Waals surface area contributed by atoms with E-state index in [1.54, 1.807) is 0 Å².